The van der Waals surface area contributed by atoms with Gasteiger partial charge in [-0.05, 0) is 69.1 Å². The minimum absolute atomic E-state index is 0.616. The molecule has 2 aromatic heterocycles. The van der Waals surface area contributed by atoms with E-state index in [1.807, 2.05) is 36.4 Å². The Labute approximate surface area is 354 Å². The third-order valence-electron chi connectivity index (χ3n) is 11.3. The van der Waals surface area contributed by atoms with E-state index >= 15 is 0 Å². The zero-order valence-electron chi connectivity index (χ0n) is 33.1. The molecular weight excluding hydrogens is 743 g/mol. The van der Waals surface area contributed by atoms with Crippen molar-refractivity contribution in [2.45, 2.75) is 0 Å². The van der Waals surface area contributed by atoms with Crippen molar-refractivity contribution in [3.8, 4) is 84.5 Å². The third kappa shape index (κ3) is 6.84. The molecule has 0 bridgehead atoms. The second-order valence-electron chi connectivity index (χ2n) is 15.1. The number of hydrogen-bond acceptors (Lipinski definition) is 4. The van der Waals surface area contributed by atoms with E-state index in [0.717, 1.165) is 83.3 Å². The second kappa shape index (κ2) is 15.5. The number of fused-ring (bicyclic) bond motifs is 3. The van der Waals surface area contributed by atoms with Crippen molar-refractivity contribution < 1.29 is 0 Å². The Balaban J connectivity index is 1.01. The quantitative estimate of drug-likeness (QED) is 0.154. The lowest BCUT2D eigenvalue weighted by molar-refractivity contribution is 0.918. The van der Waals surface area contributed by atoms with Crippen LogP contribution in [0.15, 0.2) is 224 Å². The molecule has 0 saturated carbocycles. The van der Waals surface area contributed by atoms with Gasteiger partial charge >= 0.3 is 0 Å². The van der Waals surface area contributed by atoms with Gasteiger partial charge in [0.1, 0.15) is 5.69 Å². The van der Waals surface area contributed by atoms with E-state index in [1.165, 1.54) is 5.39 Å². The van der Waals surface area contributed by atoms with E-state index < -0.39 is 0 Å². The standard InChI is InChI=1S/C56H37N5/c1-5-17-38(18-6-1)43-26-15-28-46(35-43)55-57-54(42-23-11-4-12-24-42)58-56(59-55)47-29-16-27-44(36-47)39-31-33-48(34-32-39)61-53-49-30-14-13-25-45(49)37-50(40-19-7-2-8-20-40)51(53)52(60-61)41-21-9-3-10-22-41/h1-37H. The molecule has 2 heterocycles. The van der Waals surface area contributed by atoms with Gasteiger partial charge in [0.15, 0.2) is 17.5 Å². The van der Waals surface area contributed by atoms with Gasteiger partial charge in [0, 0.05) is 33.0 Å². The van der Waals surface area contributed by atoms with Crippen LogP contribution in [0.4, 0.5) is 0 Å². The summed E-state index contributed by atoms with van der Waals surface area (Å²) in [4.78, 5) is 15.2. The van der Waals surface area contributed by atoms with Crippen molar-refractivity contribution in [1.29, 1.82) is 0 Å². The van der Waals surface area contributed by atoms with E-state index in [4.69, 9.17) is 20.1 Å². The van der Waals surface area contributed by atoms with Crippen molar-refractivity contribution in [1.82, 2.24) is 24.7 Å². The van der Waals surface area contributed by atoms with Gasteiger partial charge in [-0.25, -0.2) is 19.6 Å². The Morgan fingerprint density at radius 1 is 0.311 bits per heavy atom. The summed E-state index contributed by atoms with van der Waals surface area (Å²) in [5.41, 5.74) is 13.6. The van der Waals surface area contributed by atoms with Crippen molar-refractivity contribution >= 4 is 21.7 Å². The first-order valence-electron chi connectivity index (χ1n) is 20.5. The Bertz CT molecular complexity index is 3330. The predicted molar refractivity (Wildman–Crippen MR) is 250 cm³/mol. The van der Waals surface area contributed by atoms with E-state index in [0.29, 0.717) is 17.5 Å². The Hall–Kier alpha value is -8.28. The first kappa shape index (κ1) is 35.8. The molecule has 5 nitrogen and oxygen atoms in total. The van der Waals surface area contributed by atoms with Gasteiger partial charge in [-0.1, -0.05) is 194 Å². The Morgan fingerprint density at radius 3 is 1.34 bits per heavy atom. The third-order valence-corrected chi connectivity index (χ3v) is 11.3. The average Bonchev–Trinajstić information content (AvgIpc) is 3.76. The molecule has 11 aromatic rings. The molecule has 9 aromatic carbocycles. The first-order valence-corrected chi connectivity index (χ1v) is 20.5. The minimum Gasteiger partial charge on any atom is -0.232 e. The van der Waals surface area contributed by atoms with Gasteiger partial charge in [0.2, 0.25) is 0 Å². The number of hydrogen-bond donors (Lipinski definition) is 0. The van der Waals surface area contributed by atoms with Crippen LogP contribution >= 0.6 is 0 Å². The second-order valence-corrected chi connectivity index (χ2v) is 15.1. The van der Waals surface area contributed by atoms with E-state index in [1.54, 1.807) is 0 Å². The molecule has 5 heteroatoms. The van der Waals surface area contributed by atoms with Crippen LogP contribution < -0.4 is 0 Å². The average molecular weight is 780 g/mol. The molecule has 286 valence electrons. The SMILES string of the molecule is c1ccc(-c2cccc(-c3nc(-c4ccccc4)nc(-c4cccc(-c5ccc(-n6nc(-c7ccccc7)c7c(-c8ccccc8)cc8ccccc8c76)cc5)c4)n3)c2)cc1. The van der Waals surface area contributed by atoms with Crippen LogP contribution in [0.3, 0.4) is 0 Å². The summed E-state index contributed by atoms with van der Waals surface area (Å²) in [6, 6.07) is 78.1. The van der Waals surface area contributed by atoms with Crippen LogP contribution in [-0.4, -0.2) is 24.7 Å². The summed E-state index contributed by atoms with van der Waals surface area (Å²) in [6.45, 7) is 0. The molecular formula is C56H37N5. The molecule has 0 radical (unpaired) electrons. The van der Waals surface area contributed by atoms with Crippen LogP contribution in [0.25, 0.3) is 106 Å². The van der Waals surface area contributed by atoms with Crippen LogP contribution in [0.5, 0.6) is 0 Å². The number of nitrogens with zero attached hydrogens (tertiary/aromatic N) is 5. The minimum atomic E-state index is 0.616. The highest BCUT2D eigenvalue weighted by Crippen LogP contribution is 2.42. The van der Waals surface area contributed by atoms with Crippen molar-refractivity contribution in [3.63, 3.8) is 0 Å². The summed E-state index contributed by atoms with van der Waals surface area (Å²) in [6.07, 6.45) is 0. The zero-order chi connectivity index (χ0) is 40.5. The lowest BCUT2D eigenvalue weighted by Crippen LogP contribution is -2.00. The van der Waals surface area contributed by atoms with Gasteiger partial charge in [-0.2, -0.15) is 5.10 Å². The molecule has 0 spiro atoms. The summed E-state index contributed by atoms with van der Waals surface area (Å²) in [5, 5.41) is 8.86. The fraction of sp³-hybridized carbons (Fsp3) is 0. The Kier molecular flexibility index (Phi) is 9.10. The van der Waals surface area contributed by atoms with Gasteiger partial charge in [-0.3, -0.25) is 0 Å². The molecule has 0 aliphatic carbocycles. The van der Waals surface area contributed by atoms with E-state index in [-0.39, 0.29) is 0 Å². The smallest absolute Gasteiger partial charge is 0.164 e. The summed E-state index contributed by atoms with van der Waals surface area (Å²) < 4.78 is 2.12. The van der Waals surface area contributed by atoms with Crippen molar-refractivity contribution in [2.24, 2.45) is 0 Å². The topological polar surface area (TPSA) is 56.5 Å². The normalized spacial score (nSPS) is 11.3. The zero-order valence-corrected chi connectivity index (χ0v) is 33.1. The fourth-order valence-corrected chi connectivity index (χ4v) is 8.27. The molecule has 11 rings (SSSR count). The maximum Gasteiger partial charge on any atom is 0.164 e. The van der Waals surface area contributed by atoms with Gasteiger partial charge < -0.3 is 0 Å². The summed E-state index contributed by atoms with van der Waals surface area (Å²) in [7, 11) is 0. The summed E-state index contributed by atoms with van der Waals surface area (Å²) >= 11 is 0. The van der Waals surface area contributed by atoms with E-state index in [9.17, 15) is 0 Å². The Morgan fingerprint density at radius 2 is 0.754 bits per heavy atom. The van der Waals surface area contributed by atoms with Crippen molar-refractivity contribution in [2.75, 3.05) is 0 Å². The highest BCUT2D eigenvalue weighted by molar-refractivity contribution is 6.17. The van der Waals surface area contributed by atoms with Gasteiger partial charge in [0.25, 0.3) is 0 Å². The molecule has 0 unspecified atom stereocenters. The van der Waals surface area contributed by atoms with Crippen LogP contribution in [0.2, 0.25) is 0 Å². The number of rotatable bonds is 8. The lowest BCUT2D eigenvalue weighted by Gasteiger charge is -2.12. The molecule has 0 N–H and O–H groups in total. The summed E-state index contributed by atoms with van der Waals surface area (Å²) in [5.74, 6) is 1.87. The maximum absolute atomic E-state index is 5.41. The van der Waals surface area contributed by atoms with Crippen LogP contribution in [0.1, 0.15) is 0 Å². The predicted octanol–water partition coefficient (Wildman–Crippen LogP) is 14.0. The number of aromatic nitrogens is 5. The maximum atomic E-state index is 5.41. The van der Waals surface area contributed by atoms with Crippen LogP contribution in [0, 0.1) is 0 Å². The molecule has 0 atom stereocenters. The van der Waals surface area contributed by atoms with Gasteiger partial charge in [-0.15, -0.1) is 0 Å². The molecule has 61 heavy (non-hydrogen) atoms. The molecule has 0 fully saturated rings. The highest BCUT2D eigenvalue weighted by atomic mass is 15.3. The monoisotopic (exact) mass is 779 g/mol. The van der Waals surface area contributed by atoms with Gasteiger partial charge in [0.05, 0.1) is 11.2 Å². The molecule has 0 amide bonds. The molecule has 0 saturated heterocycles. The first-order chi connectivity index (χ1) is 30.2. The molecule has 0 aliphatic rings. The number of benzene rings is 9. The van der Waals surface area contributed by atoms with Crippen LogP contribution in [-0.2, 0) is 0 Å². The van der Waals surface area contributed by atoms with Crippen molar-refractivity contribution in [3.05, 3.63) is 224 Å². The lowest BCUT2D eigenvalue weighted by atomic mass is 9.94. The highest BCUT2D eigenvalue weighted by Gasteiger charge is 2.21. The largest absolute Gasteiger partial charge is 0.232 e. The van der Waals surface area contributed by atoms with E-state index in [2.05, 4.69) is 193 Å². The molecule has 0 aliphatic heterocycles. The fourth-order valence-electron chi connectivity index (χ4n) is 8.27.